The van der Waals surface area contributed by atoms with Crippen LogP contribution in [0, 0.1) is 0 Å². The third-order valence-corrected chi connectivity index (χ3v) is 6.00. The second-order valence-corrected chi connectivity index (χ2v) is 9.08. The molecule has 1 fully saturated rings. The molecule has 3 heterocycles. The van der Waals surface area contributed by atoms with Crippen LogP contribution in [0.25, 0.3) is 11.4 Å². The van der Waals surface area contributed by atoms with Crippen molar-refractivity contribution in [2.75, 3.05) is 36.9 Å². The Bertz CT molecular complexity index is 957. The Morgan fingerprint density at radius 1 is 1.00 bits per heavy atom. The molecule has 6 nitrogen and oxygen atoms in total. The van der Waals surface area contributed by atoms with Crippen LogP contribution in [-0.2, 0) is 9.48 Å². The topological polar surface area (TPSA) is 77.2 Å². The van der Waals surface area contributed by atoms with Gasteiger partial charge in [-0.3, -0.25) is 0 Å². The lowest BCUT2D eigenvalue weighted by Crippen LogP contribution is -2.37. The number of pyridine rings is 1. The molecule has 0 aliphatic carbocycles. The molecule has 164 valence electrons. The maximum atomic E-state index is 5.86. The number of nitrogen functional groups attached to an aromatic ring is 1. The number of benzene rings is 1. The molecule has 0 radical (unpaired) electrons. The smallest absolute Gasteiger partial charge is 0.161 e. The van der Waals surface area contributed by atoms with E-state index >= 15 is 0 Å². The number of anilines is 2. The van der Waals surface area contributed by atoms with Crippen LogP contribution in [0.5, 0.6) is 0 Å². The number of nitrogens with two attached hydrogens (primary N) is 1. The fraction of sp³-hybridized carbons (Fsp3) is 0.375. The standard InChI is InChI=1S/C22H25N5OS.C2H6/c1-22(2,29-20-5-3-4-10-24-20)18-15-19(27-11-13-28-14-12-27)26-21(25-18)16-6-8-17(23)9-7-16;1-2/h3-10,15H,11-14,23H2,1-2H3;1-2H3. The zero-order valence-corrected chi connectivity index (χ0v) is 19.5. The molecule has 0 amide bonds. The summed E-state index contributed by atoms with van der Waals surface area (Å²) < 4.78 is 5.24. The molecule has 0 atom stereocenters. The van der Waals surface area contributed by atoms with Crippen molar-refractivity contribution in [2.45, 2.75) is 37.5 Å². The van der Waals surface area contributed by atoms with Gasteiger partial charge >= 0.3 is 0 Å². The van der Waals surface area contributed by atoms with E-state index in [0.717, 1.165) is 40.9 Å². The van der Waals surface area contributed by atoms with E-state index in [-0.39, 0.29) is 4.75 Å². The molecule has 7 heteroatoms. The molecule has 1 aliphatic heterocycles. The number of aromatic nitrogens is 3. The average molecular weight is 438 g/mol. The van der Waals surface area contributed by atoms with Gasteiger partial charge < -0.3 is 15.4 Å². The maximum Gasteiger partial charge on any atom is 0.161 e. The first kappa shape index (κ1) is 23.0. The third-order valence-electron chi connectivity index (χ3n) is 4.83. The van der Waals surface area contributed by atoms with E-state index in [1.807, 2.05) is 62.5 Å². The van der Waals surface area contributed by atoms with Crippen LogP contribution in [0.1, 0.15) is 33.4 Å². The van der Waals surface area contributed by atoms with Crippen molar-refractivity contribution in [1.82, 2.24) is 15.0 Å². The summed E-state index contributed by atoms with van der Waals surface area (Å²) in [5, 5.41) is 0.970. The molecular formula is C24H31N5OS. The number of nitrogens with zero attached hydrogens (tertiary/aromatic N) is 4. The molecule has 3 aromatic rings. The van der Waals surface area contributed by atoms with Crippen molar-refractivity contribution in [3.63, 3.8) is 0 Å². The minimum atomic E-state index is -0.277. The van der Waals surface area contributed by atoms with Crippen LogP contribution in [0.15, 0.2) is 59.8 Å². The van der Waals surface area contributed by atoms with Crippen molar-refractivity contribution in [3.05, 3.63) is 60.4 Å². The summed E-state index contributed by atoms with van der Waals surface area (Å²) in [5.74, 6) is 1.64. The summed E-state index contributed by atoms with van der Waals surface area (Å²) in [7, 11) is 0. The molecule has 1 aliphatic rings. The highest BCUT2D eigenvalue weighted by atomic mass is 32.2. The highest BCUT2D eigenvalue weighted by Gasteiger charge is 2.27. The monoisotopic (exact) mass is 437 g/mol. The highest BCUT2D eigenvalue weighted by Crippen LogP contribution is 2.40. The summed E-state index contributed by atoms with van der Waals surface area (Å²) in [6, 6.07) is 15.8. The molecule has 2 N–H and O–H groups in total. The van der Waals surface area contributed by atoms with Gasteiger partial charge in [0.15, 0.2) is 5.82 Å². The second-order valence-electron chi connectivity index (χ2n) is 7.44. The first-order valence-electron chi connectivity index (χ1n) is 10.7. The van der Waals surface area contributed by atoms with Crippen molar-refractivity contribution >= 4 is 23.3 Å². The SMILES string of the molecule is CC.CC(C)(Sc1ccccn1)c1cc(N2CCOCC2)nc(-c2ccc(N)cc2)n1. The van der Waals surface area contributed by atoms with Gasteiger partial charge in [-0.05, 0) is 50.2 Å². The quantitative estimate of drug-likeness (QED) is 0.444. The van der Waals surface area contributed by atoms with E-state index in [1.165, 1.54) is 0 Å². The first-order chi connectivity index (χ1) is 15.0. The molecule has 0 spiro atoms. The summed E-state index contributed by atoms with van der Waals surface area (Å²) >= 11 is 1.70. The van der Waals surface area contributed by atoms with Gasteiger partial charge in [-0.2, -0.15) is 0 Å². The number of thioether (sulfide) groups is 1. The minimum Gasteiger partial charge on any atom is -0.399 e. The zero-order valence-electron chi connectivity index (χ0n) is 18.7. The van der Waals surface area contributed by atoms with E-state index in [9.17, 15) is 0 Å². The predicted octanol–water partition coefficient (Wildman–Crippen LogP) is 5.01. The van der Waals surface area contributed by atoms with Crippen molar-refractivity contribution < 1.29 is 4.74 Å². The highest BCUT2D eigenvalue weighted by molar-refractivity contribution is 8.00. The molecule has 0 saturated carbocycles. The van der Waals surface area contributed by atoms with Crippen molar-refractivity contribution in [3.8, 4) is 11.4 Å². The van der Waals surface area contributed by atoms with Gasteiger partial charge in [-0.1, -0.05) is 31.7 Å². The van der Waals surface area contributed by atoms with Gasteiger partial charge in [-0.15, -0.1) is 0 Å². The van der Waals surface area contributed by atoms with Crippen molar-refractivity contribution in [2.24, 2.45) is 0 Å². The maximum absolute atomic E-state index is 5.86. The van der Waals surface area contributed by atoms with E-state index in [0.29, 0.717) is 19.0 Å². The zero-order chi connectivity index (χ0) is 22.3. The van der Waals surface area contributed by atoms with Crippen LogP contribution < -0.4 is 10.6 Å². The second kappa shape index (κ2) is 10.6. The summed E-state index contributed by atoms with van der Waals surface area (Å²) in [6.07, 6.45) is 1.82. The van der Waals surface area contributed by atoms with Gasteiger partial charge in [-0.25, -0.2) is 15.0 Å². The van der Waals surface area contributed by atoms with Crippen LogP contribution in [0.2, 0.25) is 0 Å². The average Bonchev–Trinajstić information content (AvgIpc) is 2.81. The Balaban J connectivity index is 0.00000132. The molecular weight excluding hydrogens is 406 g/mol. The van der Waals surface area contributed by atoms with Crippen LogP contribution in [0.4, 0.5) is 11.5 Å². The lowest BCUT2D eigenvalue weighted by atomic mass is 10.1. The summed E-state index contributed by atoms with van der Waals surface area (Å²) in [4.78, 5) is 16.5. The Hall–Kier alpha value is -2.64. The summed E-state index contributed by atoms with van der Waals surface area (Å²) in [6.45, 7) is 11.4. The van der Waals surface area contributed by atoms with Gasteiger partial charge in [0.2, 0.25) is 0 Å². The third kappa shape index (κ3) is 5.95. The van der Waals surface area contributed by atoms with E-state index in [2.05, 4.69) is 29.8 Å². The van der Waals surface area contributed by atoms with Gasteiger partial charge in [0.25, 0.3) is 0 Å². The molecule has 1 saturated heterocycles. The predicted molar refractivity (Wildman–Crippen MR) is 129 cm³/mol. The number of ether oxygens (including phenoxy) is 1. The Kier molecular flexibility index (Phi) is 7.87. The fourth-order valence-corrected chi connectivity index (χ4v) is 4.17. The number of hydrogen-bond donors (Lipinski definition) is 1. The first-order valence-corrected chi connectivity index (χ1v) is 11.5. The molecule has 0 bridgehead atoms. The van der Waals surface area contributed by atoms with Gasteiger partial charge in [0.05, 0.1) is 28.7 Å². The fourth-order valence-electron chi connectivity index (χ4n) is 3.18. The lowest BCUT2D eigenvalue weighted by Gasteiger charge is -2.30. The van der Waals surface area contributed by atoms with Crippen LogP contribution in [0.3, 0.4) is 0 Å². The largest absolute Gasteiger partial charge is 0.399 e. The van der Waals surface area contributed by atoms with E-state index in [4.69, 9.17) is 20.4 Å². The van der Waals surface area contributed by atoms with Gasteiger partial charge in [0, 0.05) is 36.6 Å². The van der Waals surface area contributed by atoms with E-state index in [1.54, 1.807) is 11.8 Å². The summed E-state index contributed by atoms with van der Waals surface area (Å²) in [5.41, 5.74) is 8.51. The van der Waals surface area contributed by atoms with E-state index < -0.39 is 0 Å². The number of morpholine rings is 1. The normalized spacial score (nSPS) is 14.0. The Labute approximate surface area is 189 Å². The lowest BCUT2D eigenvalue weighted by molar-refractivity contribution is 0.122. The van der Waals surface area contributed by atoms with Gasteiger partial charge in [0.1, 0.15) is 5.82 Å². The van der Waals surface area contributed by atoms with Crippen molar-refractivity contribution in [1.29, 1.82) is 0 Å². The molecule has 4 rings (SSSR count). The molecule has 31 heavy (non-hydrogen) atoms. The minimum absolute atomic E-state index is 0.277. The molecule has 1 aromatic carbocycles. The Morgan fingerprint density at radius 2 is 1.71 bits per heavy atom. The molecule has 0 unspecified atom stereocenters. The Morgan fingerprint density at radius 3 is 2.35 bits per heavy atom. The number of rotatable bonds is 5. The van der Waals surface area contributed by atoms with Crippen LogP contribution >= 0.6 is 11.8 Å². The number of hydrogen-bond acceptors (Lipinski definition) is 7. The van der Waals surface area contributed by atoms with Crippen LogP contribution in [-0.4, -0.2) is 41.3 Å². The molecule has 2 aromatic heterocycles.